The highest BCUT2D eigenvalue weighted by atomic mass is 16.4. The zero-order chi connectivity index (χ0) is 16.5. The number of hydrogen-bond donors (Lipinski definition) is 2. The van der Waals surface area contributed by atoms with Crippen LogP contribution in [0.25, 0.3) is 0 Å². The van der Waals surface area contributed by atoms with Crippen LogP contribution in [0.3, 0.4) is 0 Å². The molecule has 1 aliphatic rings. The molecule has 0 spiro atoms. The van der Waals surface area contributed by atoms with Crippen molar-refractivity contribution in [1.29, 1.82) is 0 Å². The van der Waals surface area contributed by atoms with Crippen LogP contribution in [0.2, 0.25) is 0 Å². The van der Waals surface area contributed by atoms with Gasteiger partial charge in [-0.15, -0.1) is 0 Å². The van der Waals surface area contributed by atoms with E-state index < -0.39 is 17.4 Å². The highest BCUT2D eigenvalue weighted by Gasteiger charge is 2.42. The van der Waals surface area contributed by atoms with Gasteiger partial charge >= 0.3 is 5.97 Å². The first-order valence-corrected chi connectivity index (χ1v) is 7.77. The summed E-state index contributed by atoms with van der Waals surface area (Å²) < 4.78 is 1.76. The van der Waals surface area contributed by atoms with Crippen LogP contribution in [0, 0.1) is 19.8 Å². The first-order chi connectivity index (χ1) is 10.2. The Bertz CT molecular complexity index is 594. The fourth-order valence-corrected chi connectivity index (χ4v) is 3.48. The summed E-state index contributed by atoms with van der Waals surface area (Å²) in [6.45, 7) is 5.68. The van der Waals surface area contributed by atoms with Gasteiger partial charge < -0.3 is 10.4 Å². The zero-order valence-electron chi connectivity index (χ0n) is 13.8. The lowest BCUT2D eigenvalue weighted by Crippen LogP contribution is -2.55. The fraction of sp³-hybridized carbons (Fsp3) is 0.688. The van der Waals surface area contributed by atoms with Gasteiger partial charge in [0, 0.05) is 18.3 Å². The lowest BCUT2D eigenvalue weighted by atomic mass is 9.74. The first-order valence-electron chi connectivity index (χ1n) is 7.77. The smallest absolute Gasteiger partial charge is 0.308 e. The van der Waals surface area contributed by atoms with Crippen LogP contribution in [0.4, 0.5) is 0 Å². The molecule has 1 saturated carbocycles. The Labute approximate surface area is 130 Å². The van der Waals surface area contributed by atoms with Crippen LogP contribution in [-0.2, 0) is 23.1 Å². The highest BCUT2D eigenvalue weighted by molar-refractivity contribution is 5.81. The molecule has 0 saturated heterocycles. The number of aryl methyl sites for hydroxylation is 2. The summed E-state index contributed by atoms with van der Waals surface area (Å²) in [5.41, 5.74) is 2.08. The van der Waals surface area contributed by atoms with Crippen molar-refractivity contribution in [3.05, 3.63) is 17.0 Å². The standard InChI is InChI=1S/C16H25N3O3/c1-10-12(11(2)19(4)18-10)9-14(20)17-16(3)8-6-5-7-13(16)15(21)22/h13H,5-9H2,1-4H3,(H,17,20)(H,21,22). The van der Waals surface area contributed by atoms with Gasteiger partial charge in [-0.1, -0.05) is 12.8 Å². The molecule has 22 heavy (non-hydrogen) atoms. The number of aromatic nitrogens is 2. The molecule has 1 aromatic heterocycles. The fourth-order valence-electron chi connectivity index (χ4n) is 3.48. The molecule has 1 heterocycles. The van der Waals surface area contributed by atoms with E-state index in [-0.39, 0.29) is 12.3 Å². The molecule has 2 rings (SSSR count). The molecule has 2 unspecified atom stereocenters. The SMILES string of the molecule is Cc1nn(C)c(C)c1CC(=O)NC1(C)CCCCC1C(=O)O. The molecule has 0 aliphatic heterocycles. The average molecular weight is 307 g/mol. The van der Waals surface area contributed by atoms with E-state index >= 15 is 0 Å². The molecule has 122 valence electrons. The molecule has 1 aliphatic carbocycles. The van der Waals surface area contributed by atoms with Crippen molar-refractivity contribution in [1.82, 2.24) is 15.1 Å². The second kappa shape index (κ2) is 6.10. The lowest BCUT2D eigenvalue weighted by Gasteiger charge is -2.39. The van der Waals surface area contributed by atoms with Crippen LogP contribution >= 0.6 is 0 Å². The van der Waals surface area contributed by atoms with Crippen LogP contribution < -0.4 is 5.32 Å². The van der Waals surface area contributed by atoms with Crippen molar-refractivity contribution in [2.75, 3.05) is 0 Å². The summed E-state index contributed by atoms with van der Waals surface area (Å²) in [5.74, 6) is -1.47. The van der Waals surface area contributed by atoms with Crippen LogP contribution in [0.1, 0.15) is 49.6 Å². The Morgan fingerprint density at radius 2 is 2.09 bits per heavy atom. The summed E-state index contributed by atoms with van der Waals surface area (Å²) in [6.07, 6.45) is 3.43. The summed E-state index contributed by atoms with van der Waals surface area (Å²) in [6, 6.07) is 0. The second-order valence-corrected chi connectivity index (χ2v) is 6.55. The van der Waals surface area contributed by atoms with Gasteiger partial charge in [0.05, 0.1) is 23.6 Å². The maximum Gasteiger partial charge on any atom is 0.308 e. The third kappa shape index (κ3) is 3.15. The summed E-state index contributed by atoms with van der Waals surface area (Å²) >= 11 is 0. The van der Waals surface area contributed by atoms with Gasteiger partial charge in [-0.05, 0) is 33.6 Å². The van der Waals surface area contributed by atoms with Crippen molar-refractivity contribution >= 4 is 11.9 Å². The Hall–Kier alpha value is -1.85. The first kappa shape index (κ1) is 16.5. The highest BCUT2D eigenvalue weighted by Crippen LogP contribution is 2.34. The monoisotopic (exact) mass is 307 g/mol. The van der Waals surface area contributed by atoms with E-state index in [1.807, 2.05) is 27.8 Å². The van der Waals surface area contributed by atoms with Crippen molar-refractivity contribution in [3.8, 4) is 0 Å². The van der Waals surface area contributed by atoms with Gasteiger partial charge in [0.15, 0.2) is 0 Å². The van der Waals surface area contributed by atoms with E-state index in [4.69, 9.17) is 0 Å². The molecule has 6 nitrogen and oxygen atoms in total. The lowest BCUT2D eigenvalue weighted by molar-refractivity contribution is -0.146. The van der Waals surface area contributed by atoms with Crippen molar-refractivity contribution in [2.24, 2.45) is 13.0 Å². The normalized spacial score (nSPS) is 25.0. The number of aliphatic carboxylic acids is 1. The minimum Gasteiger partial charge on any atom is -0.481 e. The van der Waals surface area contributed by atoms with E-state index in [1.165, 1.54) is 0 Å². The van der Waals surface area contributed by atoms with Gasteiger partial charge in [-0.2, -0.15) is 5.10 Å². The Balaban J connectivity index is 2.11. The molecule has 2 atom stereocenters. The Morgan fingerprint density at radius 1 is 1.41 bits per heavy atom. The van der Waals surface area contributed by atoms with Crippen molar-refractivity contribution < 1.29 is 14.7 Å². The summed E-state index contributed by atoms with van der Waals surface area (Å²) in [4.78, 5) is 23.9. The number of nitrogens with zero attached hydrogens (tertiary/aromatic N) is 2. The van der Waals surface area contributed by atoms with Gasteiger partial charge in [-0.3, -0.25) is 14.3 Å². The number of nitrogens with one attached hydrogen (secondary N) is 1. The Kier molecular flexibility index (Phi) is 4.58. The van der Waals surface area contributed by atoms with E-state index in [1.54, 1.807) is 4.68 Å². The van der Waals surface area contributed by atoms with E-state index in [2.05, 4.69) is 10.4 Å². The maximum atomic E-state index is 12.4. The van der Waals surface area contributed by atoms with Crippen LogP contribution in [-0.4, -0.2) is 32.3 Å². The molecule has 0 bridgehead atoms. The predicted octanol–water partition coefficient (Wildman–Crippen LogP) is 1.73. The second-order valence-electron chi connectivity index (χ2n) is 6.55. The molecule has 0 aromatic carbocycles. The zero-order valence-corrected chi connectivity index (χ0v) is 13.8. The molecular formula is C16H25N3O3. The quantitative estimate of drug-likeness (QED) is 0.887. The van der Waals surface area contributed by atoms with E-state index in [0.29, 0.717) is 12.8 Å². The maximum absolute atomic E-state index is 12.4. The molecule has 6 heteroatoms. The van der Waals surface area contributed by atoms with Gasteiger partial charge in [0.1, 0.15) is 0 Å². The molecule has 1 fully saturated rings. The van der Waals surface area contributed by atoms with Crippen LogP contribution in [0.15, 0.2) is 0 Å². The predicted molar refractivity (Wildman–Crippen MR) is 82.5 cm³/mol. The number of carboxylic acid groups (broad SMARTS) is 1. The van der Waals surface area contributed by atoms with Gasteiger partial charge in [0.25, 0.3) is 0 Å². The number of carboxylic acids is 1. The molecule has 0 radical (unpaired) electrons. The van der Waals surface area contributed by atoms with Crippen molar-refractivity contribution in [3.63, 3.8) is 0 Å². The average Bonchev–Trinajstić information content (AvgIpc) is 2.65. The third-order valence-corrected chi connectivity index (χ3v) is 4.93. The number of carbonyl (C=O) groups excluding carboxylic acids is 1. The molecule has 1 amide bonds. The number of hydrogen-bond acceptors (Lipinski definition) is 3. The van der Waals surface area contributed by atoms with Gasteiger partial charge in [0.2, 0.25) is 5.91 Å². The minimum atomic E-state index is -0.823. The molecule has 1 aromatic rings. The van der Waals surface area contributed by atoms with Crippen LogP contribution in [0.5, 0.6) is 0 Å². The largest absolute Gasteiger partial charge is 0.481 e. The van der Waals surface area contributed by atoms with Crippen molar-refractivity contribution in [2.45, 2.75) is 58.4 Å². The molecule has 2 N–H and O–H groups in total. The topological polar surface area (TPSA) is 84.2 Å². The Morgan fingerprint density at radius 3 is 2.64 bits per heavy atom. The summed E-state index contributed by atoms with van der Waals surface area (Å²) in [7, 11) is 1.85. The number of rotatable bonds is 4. The number of carbonyl (C=O) groups is 2. The summed E-state index contributed by atoms with van der Waals surface area (Å²) in [5, 5.41) is 16.7. The van der Waals surface area contributed by atoms with E-state index in [0.717, 1.165) is 29.8 Å². The van der Waals surface area contributed by atoms with E-state index in [9.17, 15) is 14.7 Å². The molecular weight excluding hydrogens is 282 g/mol. The minimum absolute atomic E-state index is 0.130. The number of amides is 1. The third-order valence-electron chi connectivity index (χ3n) is 4.93. The van der Waals surface area contributed by atoms with Gasteiger partial charge in [-0.25, -0.2) is 0 Å².